The van der Waals surface area contributed by atoms with Gasteiger partial charge in [-0.15, -0.1) is 0 Å². The minimum absolute atomic E-state index is 0.260. The Labute approximate surface area is 195 Å². The Morgan fingerprint density at radius 2 is 1.27 bits per heavy atom. The lowest BCUT2D eigenvalue weighted by atomic mass is 10.1. The number of hydrogen-bond donors (Lipinski definition) is 2. The van der Waals surface area contributed by atoms with Crippen molar-refractivity contribution < 1.29 is 28.5 Å². The molecule has 0 aromatic heterocycles. The van der Waals surface area contributed by atoms with E-state index < -0.39 is 0 Å². The van der Waals surface area contributed by atoms with Crippen LogP contribution >= 0.6 is 0 Å². The summed E-state index contributed by atoms with van der Waals surface area (Å²) in [5.74, 6) is 1.65. The van der Waals surface area contributed by atoms with Crippen LogP contribution in [0.2, 0.25) is 0 Å². The Morgan fingerprint density at radius 3 is 1.73 bits per heavy atom. The van der Waals surface area contributed by atoms with Crippen molar-refractivity contribution in [3.05, 3.63) is 47.5 Å². The average Bonchev–Trinajstić information content (AvgIpc) is 2.84. The van der Waals surface area contributed by atoms with Crippen molar-refractivity contribution in [1.82, 2.24) is 10.6 Å². The Balaban J connectivity index is 1.93. The highest BCUT2D eigenvalue weighted by molar-refractivity contribution is 5.96. The zero-order valence-electron chi connectivity index (χ0n) is 20.0. The number of hydrogen-bond acceptors (Lipinski definition) is 6. The molecule has 33 heavy (non-hydrogen) atoms. The topological polar surface area (TPSA) is 95.1 Å². The summed E-state index contributed by atoms with van der Waals surface area (Å²) < 4.78 is 21.9. The Morgan fingerprint density at radius 1 is 0.788 bits per heavy atom. The molecule has 0 fully saturated rings. The van der Waals surface area contributed by atoms with Gasteiger partial charge in [-0.05, 0) is 56.2 Å². The summed E-state index contributed by atoms with van der Waals surface area (Å²) in [6.45, 7) is 7.24. The SMILES string of the molecule is CCCOc1ccc(C(=O)NCC(C)NC(=O)c2ccc(OCCC)c(OC)c2)cc1OC. The number of rotatable bonds is 13. The molecule has 1 unspecified atom stereocenters. The molecule has 0 saturated heterocycles. The van der Waals surface area contributed by atoms with Gasteiger partial charge in [0.2, 0.25) is 0 Å². The van der Waals surface area contributed by atoms with Crippen LogP contribution in [0.15, 0.2) is 36.4 Å². The first-order valence-corrected chi connectivity index (χ1v) is 11.1. The van der Waals surface area contributed by atoms with E-state index >= 15 is 0 Å². The number of amides is 2. The van der Waals surface area contributed by atoms with Gasteiger partial charge in [-0.1, -0.05) is 13.8 Å². The molecule has 0 bridgehead atoms. The molecule has 2 N–H and O–H groups in total. The first-order valence-electron chi connectivity index (χ1n) is 11.1. The van der Waals surface area contributed by atoms with Crippen LogP contribution in [0.5, 0.6) is 23.0 Å². The van der Waals surface area contributed by atoms with E-state index in [4.69, 9.17) is 18.9 Å². The highest BCUT2D eigenvalue weighted by Gasteiger charge is 2.16. The Bertz CT molecular complexity index is 931. The quantitative estimate of drug-likeness (QED) is 0.474. The predicted molar refractivity (Wildman–Crippen MR) is 127 cm³/mol. The van der Waals surface area contributed by atoms with Crippen molar-refractivity contribution in [3.8, 4) is 23.0 Å². The van der Waals surface area contributed by atoms with E-state index in [-0.39, 0.29) is 24.4 Å². The van der Waals surface area contributed by atoms with E-state index in [2.05, 4.69) is 10.6 Å². The van der Waals surface area contributed by atoms with Crippen LogP contribution in [0.25, 0.3) is 0 Å². The minimum Gasteiger partial charge on any atom is -0.493 e. The maximum atomic E-state index is 12.6. The first kappa shape index (κ1) is 25.8. The molecule has 0 saturated carbocycles. The molecule has 0 heterocycles. The van der Waals surface area contributed by atoms with Crippen LogP contribution in [-0.2, 0) is 0 Å². The number of methoxy groups -OCH3 is 2. The largest absolute Gasteiger partial charge is 0.493 e. The molecule has 8 heteroatoms. The zero-order chi connectivity index (χ0) is 24.2. The van der Waals surface area contributed by atoms with Crippen molar-refractivity contribution in [2.24, 2.45) is 0 Å². The van der Waals surface area contributed by atoms with E-state index in [1.54, 1.807) is 36.4 Å². The monoisotopic (exact) mass is 458 g/mol. The predicted octanol–water partition coefficient (Wildman–Crippen LogP) is 3.83. The van der Waals surface area contributed by atoms with Crippen LogP contribution in [0.1, 0.15) is 54.3 Å². The van der Waals surface area contributed by atoms with Crippen molar-refractivity contribution in [1.29, 1.82) is 0 Å². The Hall–Kier alpha value is -3.42. The average molecular weight is 459 g/mol. The van der Waals surface area contributed by atoms with Gasteiger partial charge in [0.1, 0.15) is 0 Å². The van der Waals surface area contributed by atoms with Crippen molar-refractivity contribution in [3.63, 3.8) is 0 Å². The maximum absolute atomic E-state index is 12.6. The highest BCUT2D eigenvalue weighted by atomic mass is 16.5. The summed E-state index contributed by atoms with van der Waals surface area (Å²) in [6.07, 6.45) is 1.75. The normalized spacial score (nSPS) is 11.3. The second-order valence-corrected chi connectivity index (χ2v) is 7.51. The van der Waals surface area contributed by atoms with E-state index in [1.165, 1.54) is 14.2 Å². The van der Waals surface area contributed by atoms with Crippen molar-refractivity contribution in [2.45, 2.75) is 39.7 Å². The van der Waals surface area contributed by atoms with Crippen molar-refractivity contribution in [2.75, 3.05) is 34.0 Å². The van der Waals surface area contributed by atoms with Gasteiger partial charge in [0.15, 0.2) is 23.0 Å². The fraction of sp³-hybridized carbons (Fsp3) is 0.440. The van der Waals surface area contributed by atoms with Gasteiger partial charge >= 0.3 is 0 Å². The molecule has 0 aliphatic heterocycles. The third-order valence-electron chi connectivity index (χ3n) is 4.72. The standard InChI is InChI=1S/C25H34N2O6/c1-6-12-32-20-10-8-18(14-22(20)30-4)24(28)26-16-17(3)27-25(29)19-9-11-21(33-13-7-2)23(15-19)31-5/h8-11,14-15,17H,6-7,12-13,16H2,1-5H3,(H,26,28)(H,27,29). The number of nitrogens with one attached hydrogen (secondary N) is 2. The number of carbonyl (C=O) groups excluding carboxylic acids is 2. The summed E-state index contributed by atoms with van der Waals surface area (Å²) in [7, 11) is 3.07. The summed E-state index contributed by atoms with van der Waals surface area (Å²) in [5, 5.41) is 5.71. The smallest absolute Gasteiger partial charge is 0.251 e. The Kier molecular flexibility index (Phi) is 10.3. The van der Waals surface area contributed by atoms with Crippen LogP contribution in [0.3, 0.4) is 0 Å². The van der Waals surface area contributed by atoms with Crippen molar-refractivity contribution >= 4 is 11.8 Å². The van der Waals surface area contributed by atoms with Crippen LogP contribution in [0, 0.1) is 0 Å². The lowest BCUT2D eigenvalue weighted by molar-refractivity contribution is 0.0912. The molecule has 180 valence electrons. The van der Waals surface area contributed by atoms with Crippen LogP contribution in [0.4, 0.5) is 0 Å². The molecule has 0 aliphatic rings. The third-order valence-corrected chi connectivity index (χ3v) is 4.72. The summed E-state index contributed by atoms with van der Waals surface area (Å²) in [4.78, 5) is 25.2. The molecule has 8 nitrogen and oxygen atoms in total. The van der Waals surface area contributed by atoms with Gasteiger partial charge in [0, 0.05) is 23.7 Å². The molecule has 2 aromatic carbocycles. The molecule has 2 aromatic rings. The van der Waals surface area contributed by atoms with E-state index in [9.17, 15) is 9.59 Å². The third kappa shape index (κ3) is 7.59. The fourth-order valence-electron chi connectivity index (χ4n) is 2.99. The summed E-state index contributed by atoms with van der Waals surface area (Å²) in [5.41, 5.74) is 0.892. The lowest BCUT2D eigenvalue weighted by Gasteiger charge is -2.16. The van der Waals surface area contributed by atoms with E-state index in [0.717, 1.165) is 12.8 Å². The van der Waals surface area contributed by atoms with Crippen LogP contribution in [-0.4, -0.2) is 51.8 Å². The van der Waals surface area contributed by atoms with E-state index in [1.807, 2.05) is 20.8 Å². The zero-order valence-corrected chi connectivity index (χ0v) is 20.0. The van der Waals surface area contributed by atoms with Gasteiger partial charge in [-0.3, -0.25) is 9.59 Å². The van der Waals surface area contributed by atoms with Gasteiger partial charge in [0.25, 0.3) is 11.8 Å². The number of benzene rings is 2. The molecular formula is C25H34N2O6. The number of carbonyl (C=O) groups is 2. The van der Waals surface area contributed by atoms with Gasteiger partial charge in [0.05, 0.1) is 27.4 Å². The molecule has 1 atom stereocenters. The minimum atomic E-state index is -0.294. The molecular weight excluding hydrogens is 424 g/mol. The van der Waals surface area contributed by atoms with Gasteiger partial charge < -0.3 is 29.6 Å². The van der Waals surface area contributed by atoms with Gasteiger partial charge in [-0.2, -0.15) is 0 Å². The summed E-state index contributed by atoms with van der Waals surface area (Å²) >= 11 is 0. The fourth-order valence-corrected chi connectivity index (χ4v) is 2.99. The second-order valence-electron chi connectivity index (χ2n) is 7.51. The van der Waals surface area contributed by atoms with Crippen LogP contribution < -0.4 is 29.6 Å². The molecule has 2 rings (SSSR count). The van der Waals surface area contributed by atoms with Gasteiger partial charge in [-0.25, -0.2) is 0 Å². The molecule has 0 radical (unpaired) electrons. The maximum Gasteiger partial charge on any atom is 0.251 e. The molecule has 0 spiro atoms. The number of ether oxygens (including phenoxy) is 4. The second kappa shape index (κ2) is 13.2. The summed E-state index contributed by atoms with van der Waals surface area (Å²) in [6, 6.07) is 9.78. The lowest BCUT2D eigenvalue weighted by Crippen LogP contribution is -2.41. The molecule has 0 aliphatic carbocycles. The molecule has 2 amide bonds. The van der Waals surface area contributed by atoms with E-state index in [0.29, 0.717) is 47.3 Å². The first-order chi connectivity index (χ1) is 15.9. The highest BCUT2D eigenvalue weighted by Crippen LogP contribution is 2.29.